The predicted molar refractivity (Wildman–Crippen MR) is 133 cm³/mol. The molecule has 0 spiro atoms. The summed E-state index contributed by atoms with van der Waals surface area (Å²) < 4.78 is 5.76. The summed E-state index contributed by atoms with van der Waals surface area (Å²) >= 11 is 1.73. The number of carbonyl (C=O) groups is 1. The molecule has 4 aromatic rings. The van der Waals surface area contributed by atoms with Gasteiger partial charge in [-0.3, -0.25) is 14.8 Å². The van der Waals surface area contributed by atoms with Crippen molar-refractivity contribution in [3.05, 3.63) is 120 Å². The summed E-state index contributed by atoms with van der Waals surface area (Å²) in [5, 5.41) is 2.89. The van der Waals surface area contributed by atoms with E-state index in [0.717, 1.165) is 33.2 Å². The zero-order chi connectivity index (χ0) is 22.7. The third-order valence-electron chi connectivity index (χ3n) is 4.69. The number of hydrogen-bond donors (Lipinski definition) is 1. The Balaban J connectivity index is 1.23. The molecule has 0 aliphatic rings. The van der Waals surface area contributed by atoms with E-state index < -0.39 is 0 Å². The van der Waals surface area contributed by atoms with Gasteiger partial charge in [0.25, 0.3) is 0 Å². The molecular weight excluding hydrogens is 430 g/mol. The number of nitrogens with zero attached hydrogens (tertiary/aromatic N) is 2. The number of aromatic nitrogens is 2. The van der Waals surface area contributed by atoms with Gasteiger partial charge >= 0.3 is 0 Å². The molecule has 2 aromatic carbocycles. The van der Waals surface area contributed by atoms with Gasteiger partial charge in [0.15, 0.2) is 0 Å². The number of nitrogens with one attached hydrogen (secondary N) is 1. The van der Waals surface area contributed by atoms with Crippen LogP contribution in [0, 0.1) is 0 Å². The average molecular weight is 454 g/mol. The molecule has 2 aromatic heterocycles. The minimum atomic E-state index is -0.178. The molecule has 0 unspecified atom stereocenters. The summed E-state index contributed by atoms with van der Waals surface area (Å²) in [6.07, 6.45) is 10.5. The second kappa shape index (κ2) is 11.6. The molecule has 0 atom stereocenters. The fraction of sp³-hybridized carbons (Fsp3) is 0.0741. The Bertz CT molecular complexity index is 1180. The summed E-state index contributed by atoms with van der Waals surface area (Å²) in [5.74, 6) is 1.44. The van der Waals surface area contributed by atoms with Crippen LogP contribution in [0.4, 0.5) is 5.69 Å². The fourth-order valence-electron chi connectivity index (χ4n) is 2.97. The van der Waals surface area contributed by atoms with Gasteiger partial charge in [0.1, 0.15) is 12.4 Å². The average Bonchev–Trinajstić information content (AvgIpc) is 2.88. The van der Waals surface area contributed by atoms with Gasteiger partial charge in [0.05, 0.1) is 0 Å². The van der Waals surface area contributed by atoms with Gasteiger partial charge in [0.2, 0.25) is 5.91 Å². The second-order valence-electron chi connectivity index (χ2n) is 7.22. The van der Waals surface area contributed by atoms with E-state index in [0.29, 0.717) is 6.61 Å². The fourth-order valence-corrected chi connectivity index (χ4v) is 3.80. The van der Waals surface area contributed by atoms with Gasteiger partial charge in [-0.15, -0.1) is 11.8 Å². The molecule has 0 aliphatic heterocycles. The quantitative estimate of drug-likeness (QED) is 0.249. The van der Waals surface area contributed by atoms with Crippen LogP contribution >= 0.6 is 11.8 Å². The van der Waals surface area contributed by atoms with Crippen molar-refractivity contribution < 1.29 is 9.53 Å². The topological polar surface area (TPSA) is 64.1 Å². The molecule has 0 radical (unpaired) electrons. The highest BCUT2D eigenvalue weighted by Gasteiger charge is 2.01. The van der Waals surface area contributed by atoms with Crippen molar-refractivity contribution in [2.75, 3.05) is 5.32 Å². The Hall–Kier alpha value is -3.90. The number of amides is 1. The van der Waals surface area contributed by atoms with Gasteiger partial charge in [-0.1, -0.05) is 24.3 Å². The maximum Gasteiger partial charge on any atom is 0.248 e. The molecular formula is C27H23N3O2S. The number of benzene rings is 2. The smallest absolute Gasteiger partial charge is 0.248 e. The van der Waals surface area contributed by atoms with Crippen LogP contribution in [0.25, 0.3) is 6.08 Å². The molecule has 5 nitrogen and oxygen atoms in total. The van der Waals surface area contributed by atoms with Crippen LogP contribution in [0.3, 0.4) is 0 Å². The first-order chi connectivity index (χ1) is 16.2. The Morgan fingerprint density at radius 2 is 1.58 bits per heavy atom. The summed E-state index contributed by atoms with van der Waals surface area (Å²) in [6, 6.07) is 23.3. The SMILES string of the molecule is O=C(/C=C/c1ccc(OCc2cccnc2)cc1)Nc1ccc(SCc2cccnc2)cc1. The normalized spacial score (nSPS) is 10.8. The van der Waals surface area contributed by atoms with Crippen molar-refractivity contribution in [2.24, 2.45) is 0 Å². The number of rotatable bonds is 9. The van der Waals surface area contributed by atoms with Crippen LogP contribution in [0.2, 0.25) is 0 Å². The minimum absolute atomic E-state index is 0.178. The van der Waals surface area contributed by atoms with E-state index in [1.165, 1.54) is 11.6 Å². The lowest BCUT2D eigenvalue weighted by Gasteiger charge is -2.06. The molecule has 0 bridgehead atoms. The first-order valence-electron chi connectivity index (χ1n) is 10.5. The van der Waals surface area contributed by atoms with Crippen molar-refractivity contribution in [2.45, 2.75) is 17.3 Å². The minimum Gasteiger partial charge on any atom is -0.489 e. The molecule has 0 saturated carbocycles. The molecule has 33 heavy (non-hydrogen) atoms. The highest BCUT2D eigenvalue weighted by molar-refractivity contribution is 7.98. The Morgan fingerprint density at radius 3 is 2.24 bits per heavy atom. The van der Waals surface area contributed by atoms with Gasteiger partial charge in [-0.05, 0) is 65.7 Å². The third kappa shape index (κ3) is 7.33. The third-order valence-corrected chi connectivity index (χ3v) is 5.77. The van der Waals surface area contributed by atoms with E-state index >= 15 is 0 Å². The van der Waals surface area contributed by atoms with Crippen LogP contribution in [-0.2, 0) is 17.2 Å². The summed E-state index contributed by atoms with van der Waals surface area (Å²) in [5.41, 5.74) is 3.87. The van der Waals surface area contributed by atoms with Crippen molar-refractivity contribution in [1.82, 2.24) is 9.97 Å². The molecule has 1 amide bonds. The predicted octanol–water partition coefficient (Wildman–Crippen LogP) is 6.00. The molecule has 0 fully saturated rings. The Labute approximate surface area is 197 Å². The molecule has 2 heterocycles. The van der Waals surface area contributed by atoms with Gasteiger partial charge in [-0.2, -0.15) is 0 Å². The zero-order valence-corrected chi connectivity index (χ0v) is 18.7. The van der Waals surface area contributed by atoms with Gasteiger partial charge in [-0.25, -0.2) is 0 Å². The monoisotopic (exact) mass is 453 g/mol. The Morgan fingerprint density at radius 1 is 0.879 bits per heavy atom. The van der Waals surface area contributed by atoms with Crippen molar-refractivity contribution >= 4 is 29.4 Å². The standard InChI is InChI=1S/C27H23N3O2S/c31-27(30-24-8-12-26(13-9-24)33-20-23-4-2-16-29-18-23)14-7-21-5-10-25(11-6-21)32-19-22-3-1-15-28-17-22/h1-18H,19-20H2,(H,30,31)/b14-7+. The maximum absolute atomic E-state index is 12.3. The van der Waals surface area contributed by atoms with E-state index in [9.17, 15) is 4.79 Å². The summed E-state index contributed by atoms with van der Waals surface area (Å²) in [6.45, 7) is 0.464. The molecule has 6 heteroatoms. The van der Waals surface area contributed by atoms with Crippen molar-refractivity contribution in [1.29, 1.82) is 0 Å². The lowest BCUT2D eigenvalue weighted by Crippen LogP contribution is -2.07. The van der Waals surface area contributed by atoms with Crippen molar-refractivity contribution in [3.8, 4) is 5.75 Å². The van der Waals surface area contributed by atoms with E-state index in [-0.39, 0.29) is 5.91 Å². The summed E-state index contributed by atoms with van der Waals surface area (Å²) in [7, 11) is 0. The van der Waals surface area contributed by atoms with Crippen LogP contribution in [0.15, 0.2) is 109 Å². The highest BCUT2D eigenvalue weighted by Crippen LogP contribution is 2.24. The van der Waals surface area contributed by atoms with E-state index in [4.69, 9.17) is 4.74 Å². The maximum atomic E-state index is 12.3. The van der Waals surface area contributed by atoms with Gasteiger partial charge < -0.3 is 10.1 Å². The highest BCUT2D eigenvalue weighted by atomic mass is 32.2. The van der Waals surface area contributed by atoms with E-state index in [2.05, 4.69) is 21.4 Å². The number of carbonyl (C=O) groups excluding carboxylic acids is 1. The van der Waals surface area contributed by atoms with Crippen LogP contribution in [0.5, 0.6) is 5.75 Å². The molecule has 0 saturated heterocycles. The number of thioether (sulfide) groups is 1. The lowest BCUT2D eigenvalue weighted by molar-refractivity contribution is -0.111. The second-order valence-corrected chi connectivity index (χ2v) is 8.26. The number of pyridine rings is 2. The molecule has 164 valence electrons. The zero-order valence-electron chi connectivity index (χ0n) is 17.9. The lowest BCUT2D eigenvalue weighted by atomic mass is 10.2. The first kappa shape index (κ1) is 22.3. The van der Waals surface area contributed by atoms with E-state index in [1.54, 1.807) is 36.4 Å². The largest absolute Gasteiger partial charge is 0.489 e. The van der Waals surface area contributed by atoms with E-state index in [1.807, 2.05) is 72.9 Å². The molecule has 1 N–H and O–H groups in total. The van der Waals surface area contributed by atoms with Gasteiger partial charge in [0, 0.05) is 52.8 Å². The molecule has 0 aliphatic carbocycles. The van der Waals surface area contributed by atoms with Crippen LogP contribution < -0.4 is 10.1 Å². The molecule has 4 rings (SSSR count). The number of hydrogen-bond acceptors (Lipinski definition) is 5. The Kier molecular flexibility index (Phi) is 7.87. The first-order valence-corrected chi connectivity index (χ1v) is 11.5. The van der Waals surface area contributed by atoms with Crippen molar-refractivity contribution in [3.63, 3.8) is 0 Å². The van der Waals surface area contributed by atoms with Crippen LogP contribution in [-0.4, -0.2) is 15.9 Å². The summed E-state index contributed by atoms with van der Waals surface area (Å²) in [4.78, 5) is 21.6. The number of ether oxygens (including phenoxy) is 1. The van der Waals surface area contributed by atoms with Crippen LogP contribution in [0.1, 0.15) is 16.7 Å². The number of anilines is 1.